The molecule has 75 heavy (non-hydrogen) atoms. The summed E-state index contributed by atoms with van der Waals surface area (Å²) < 4.78 is 13.3. The summed E-state index contributed by atoms with van der Waals surface area (Å²) in [6, 6.07) is 84.2. The normalized spacial score (nSPS) is 11.7. The first-order chi connectivity index (χ1) is 37.2. The minimum absolute atomic E-state index is 0.401. The monoisotopic (exact) mass is 961 g/mol. The van der Waals surface area contributed by atoms with E-state index in [0.29, 0.717) is 17.7 Å². The molecule has 0 atom stereocenters. The van der Waals surface area contributed by atoms with Crippen LogP contribution in [0, 0.1) is 0 Å². The lowest BCUT2D eigenvalue weighted by atomic mass is 10.0. The Kier molecular flexibility index (Phi) is 9.67. The van der Waals surface area contributed by atoms with Gasteiger partial charge < -0.3 is 4.42 Å². The van der Waals surface area contributed by atoms with E-state index in [9.17, 15) is 0 Å². The summed E-state index contributed by atoms with van der Waals surface area (Å²) in [5.41, 5.74) is 15.8. The van der Waals surface area contributed by atoms with Crippen molar-refractivity contribution >= 4 is 65.5 Å². The zero-order valence-electron chi connectivity index (χ0n) is 40.2. The lowest BCUT2D eigenvalue weighted by Crippen LogP contribution is -2.32. The molecule has 0 amide bonds. The minimum Gasteiger partial charge on any atom is -0.416 e. The summed E-state index contributed by atoms with van der Waals surface area (Å²) in [6.45, 7) is 0. The van der Waals surface area contributed by atoms with Crippen LogP contribution in [-0.2, 0) is 0 Å². The van der Waals surface area contributed by atoms with Gasteiger partial charge >= 0.3 is 0 Å². The van der Waals surface area contributed by atoms with E-state index in [1.54, 1.807) is 0 Å². The Morgan fingerprint density at radius 2 is 0.800 bits per heavy atom. The second-order valence-electron chi connectivity index (χ2n) is 18.8. The first-order valence-electron chi connectivity index (χ1n) is 25.0. The molecule has 350 valence electrons. The summed E-state index contributed by atoms with van der Waals surface area (Å²) in [5.74, 6) is 2.16. The molecule has 0 radical (unpaired) electrons. The lowest BCUT2D eigenvalue weighted by molar-refractivity contribution is -0.567. The Hall–Kier alpha value is -10.4. The molecule has 0 saturated heterocycles. The van der Waals surface area contributed by atoms with Gasteiger partial charge in [-0.3, -0.25) is 9.13 Å². The van der Waals surface area contributed by atoms with Crippen molar-refractivity contribution in [3.63, 3.8) is 0 Å². The van der Waals surface area contributed by atoms with Gasteiger partial charge in [0.1, 0.15) is 5.52 Å². The number of benzene rings is 10. The number of para-hydroxylation sites is 5. The van der Waals surface area contributed by atoms with E-state index in [-0.39, 0.29) is 0 Å². The van der Waals surface area contributed by atoms with Gasteiger partial charge in [-0.1, -0.05) is 164 Å². The number of nitrogens with zero attached hydrogens (tertiary/aromatic N) is 8. The molecule has 0 aliphatic rings. The topological polar surface area (TPSA) is 91.3 Å². The SMILES string of the molecule is c1ccc(-c2ccc(-c3nc(-n4c5ccccc5c5ccc(-c6nnc(-c7ccc8c9ccccc9n(-c9c[n+](-c%10ccc(-c%11ccccc%11)cc%10)c%10ccccc%10n9)c8c7)o6)cc54)nc4ccccc34)cc2)cc1. The van der Waals surface area contributed by atoms with Gasteiger partial charge in [-0.05, 0) is 82.9 Å². The van der Waals surface area contributed by atoms with Crippen molar-refractivity contribution in [1.29, 1.82) is 0 Å². The molecule has 5 heterocycles. The standard InChI is InChI=1S/C66H41N8O/c1-3-15-42(16-4-1)44-27-29-46(30-28-44)63-54-21-7-10-22-55(54)68-66(69-63)74-58-25-13-9-20-51(58)53-38-34-48(40-61(53)74)65-71-70-64(75-65)47-33-37-52-50-19-8-12-24-57(50)73(60(52)39-47)62-41-72(59-26-14-11-23-56(59)67-62)49-35-31-45(32-36-49)43-17-5-2-6-18-43/h1-41H/q+1. The van der Waals surface area contributed by atoms with E-state index in [4.69, 9.17) is 19.4 Å². The third kappa shape index (κ3) is 7.09. The van der Waals surface area contributed by atoms with Gasteiger partial charge in [0.15, 0.2) is 0 Å². The van der Waals surface area contributed by atoms with Crippen LogP contribution in [0.15, 0.2) is 253 Å². The van der Waals surface area contributed by atoms with Crippen molar-refractivity contribution in [1.82, 2.24) is 34.3 Å². The second kappa shape index (κ2) is 17.1. The Labute approximate surface area is 429 Å². The third-order valence-electron chi connectivity index (χ3n) is 14.4. The van der Waals surface area contributed by atoms with Crippen molar-refractivity contribution in [2.75, 3.05) is 0 Å². The van der Waals surface area contributed by atoms with Crippen molar-refractivity contribution < 1.29 is 8.98 Å². The van der Waals surface area contributed by atoms with Gasteiger partial charge in [0, 0.05) is 61.8 Å². The van der Waals surface area contributed by atoms with Crippen LogP contribution in [-0.4, -0.2) is 34.3 Å². The van der Waals surface area contributed by atoms with Gasteiger partial charge in [-0.2, -0.15) is 4.57 Å². The van der Waals surface area contributed by atoms with Gasteiger partial charge in [0.25, 0.3) is 0 Å². The Balaban J connectivity index is 0.833. The fourth-order valence-corrected chi connectivity index (χ4v) is 10.8. The van der Waals surface area contributed by atoms with E-state index >= 15 is 0 Å². The van der Waals surface area contributed by atoms with Crippen molar-refractivity contribution in [3.8, 4) is 73.9 Å². The van der Waals surface area contributed by atoms with Crippen LogP contribution in [0.4, 0.5) is 0 Å². The fourth-order valence-electron chi connectivity index (χ4n) is 10.8. The number of aromatic nitrogens is 8. The maximum atomic E-state index is 6.65. The van der Waals surface area contributed by atoms with Gasteiger partial charge in [-0.15, -0.1) is 10.2 Å². The highest BCUT2D eigenvalue weighted by atomic mass is 16.4. The summed E-state index contributed by atoms with van der Waals surface area (Å²) >= 11 is 0. The first-order valence-corrected chi connectivity index (χ1v) is 25.0. The van der Waals surface area contributed by atoms with Crippen LogP contribution in [0.1, 0.15) is 0 Å². The molecule has 9 heteroatoms. The lowest BCUT2D eigenvalue weighted by Gasteiger charge is -2.12. The van der Waals surface area contributed by atoms with Crippen molar-refractivity contribution in [2.45, 2.75) is 0 Å². The molecule has 0 aliphatic heterocycles. The quantitative estimate of drug-likeness (QED) is 0.141. The van der Waals surface area contributed by atoms with Crippen LogP contribution < -0.4 is 4.57 Å². The molecule has 5 aromatic heterocycles. The average Bonchev–Trinajstić information content (AvgIpc) is 4.27. The van der Waals surface area contributed by atoms with E-state index in [0.717, 1.165) is 111 Å². The second-order valence-corrected chi connectivity index (χ2v) is 18.8. The summed E-state index contributed by atoms with van der Waals surface area (Å²) in [4.78, 5) is 15.9. The first kappa shape index (κ1) is 42.3. The van der Waals surface area contributed by atoms with Gasteiger partial charge in [-0.25, -0.2) is 15.0 Å². The molecule has 10 aromatic carbocycles. The van der Waals surface area contributed by atoms with Gasteiger partial charge in [0.05, 0.1) is 33.3 Å². The predicted molar refractivity (Wildman–Crippen MR) is 300 cm³/mol. The summed E-state index contributed by atoms with van der Waals surface area (Å²) in [6.07, 6.45) is 2.13. The highest BCUT2D eigenvalue weighted by Gasteiger charge is 2.23. The Morgan fingerprint density at radius 3 is 1.44 bits per heavy atom. The number of hydrogen-bond acceptors (Lipinski definition) is 6. The molecule has 0 spiro atoms. The van der Waals surface area contributed by atoms with Gasteiger partial charge in [0.2, 0.25) is 40.9 Å². The number of rotatable bonds is 8. The summed E-state index contributed by atoms with van der Waals surface area (Å²) in [7, 11) is 0. The van der Waals surface area contributed by atoms with E-state index < -0.39 is 0 Å². The van der Waals surface area contributed by atoms with Crippen LogP contribution in [0.3, 0.4) is 0 Å². The minimum atomic E-state index is 0.401. The Bertz CT molecular complexity index is 4400. The largest absolute Gasteiger partial charge is 0.416 e. The number of fused-ring (bicyclic) bond motifs is 8. The zero-order valence-corrected chi connectivity index (χ0v) is 40.2. The highest BCUT2D eigenvalue weighted by molar-refractivity contribution is 6.11. The molecule has 0 unspecified atom stereocenters. The van der Waals surface area contributed by atoms with Crippen LogP contribution in [0.25, 0.3) is 139 Å². The van der Waals surface area contributed by atoms with Crippen LogP contribution in [0.2, 0.25) is 0 Å². The molecule has 0 saturated carbocycles. The summed E-state index contributed by atoms with van der Waals surface area (Å²) in [5, 5.41) is 14.7. The van der Waals surface area contributed by atoms with Crippen molar-refractivity contribution in [2.24, 2.45) is 0 Å². The molecular formula is C66H41N8O+. The van der Waals surface area contributed by atoms with E-state index in [1.165, 1.54) is 11.1 Å². The molecule has 15 aromatic rings. The molecule has 15 rings (SSSR count). The zero-order chi connectivity index (χ0) is 49.4. The maximum absolute atomic E-state index is 6.65. The van der Waals surface area contributed by atoms with Crippen LogP contribution >= 0.6 is 0 Å². The molecule has 9 nitrogen and oxygen atoms in total. The Morgan fingerprint density at radius 1 is 0.333 bits per heavy atom. The van der Waals surface area contributed by atoms with E-state index in [1.807, 2.05) is 36.4 Å². The van der Waals surface area contributed by atoms with Crippen molar-refractivity contribution in [3.05, 3.63) is 249 Å². The molecular weight excluding hydrogens is 921 g/mol. The molecule has 0 fully saturated rings. The van der Waals surface area contributed by atoms with E-state index in [2.05, 4.69) is 236 Å². The maximum Gasteiger partial charge on any atom is 0.248 e. The van der Waals surface area contributed by atoms with Crippen LogP contribution in [0.5, 0.6) is 0 Å². The smallest absolute Gasteiger partial charge is 0.248 e. The predicted octanol–water partition coefficient (Wildman–Crippen LogP) is 15.4. The highest BCUT2D eigenvalue weighted by Crippen LogP contribution is 2.39. The molecule has 0 N–H and O–H groups in total. The molecule has 0 aliphatic carbocycles. The fraction of sp³-hybridized carbons (Fsp3) is 0. The third-order valence-corrected chi connectivity index (χ3v) is 14.4. The average molecular weight is 962 g/mol. The number of hydrogen-bond donors (Lipinski definition) is 0. The molecule has 0 bridgehead atoms.